The van der Waals surface area contributed by atoms with Crippen LogP contribution in [0.15, 0.2) is 61.2 Å². The summed E-state index contributed by atoms with van der Waals surface area (Å²) in [4.78, 5) is 19.3. The zero-order valence-corrected chi connectivity index (χ0v) is 18.6. The number of nitrogens with zero attached hydrogens (tertiary/aromatic N) is 3. The molecule has 7 nitrogen and oxygen atoms in total. The Morgan fingerprint density at radius 2 is 2.06 bits per heavy atom. The van der Waals surface area contributed by atoms with Crippen molar-refractivity contribution in [1.82, 2.24) is 14.5 Å². The molecule has 168 valence electrons. The van der Waals surface area contributed by atoms with E-state index in [9.17, 15) is 4.79 Å². The number of rotatable bonds is 9. The summed E-state index contributed by atoms with van der Waals surface area (Å²) in [6.45, 7) is 2.26. The molecule has 1 saturated heterocycles. The van der Waals surface area contributed by atoms with Gasteiger partial charge in [-0.1, -0.05) is 12.1 Å². The largest absolute Gasteiger partial charge is 0.493 e. The van der Waals surface area contributed by atoms with Crippen molar-refractivity contribution in [2.45, 2.75) is 32.0 Å². The van der Waals surface area contributed by atoms with E-state index in [4.69, 9.17) is 14.2 Å². The van der Waals surface area contributed by atoms with Gasteiger partial charge in [0.1, 0.15) is 6.10 Å². The lowest BCUT2D eigenvalue weighted by Gasteiger charge is -2.24. The van der Waals surface area contributed by atoms with Gasteiger partial charge in [0.05, 0.1) is 26.7 Å². The standard InChI is InChI=1S/C25H29N3O4/c1-27-10-7-20(15-27)13-25(29)28(17-21-4-3-9-26-14-21)16-19-5-6-23(24(12-19)30-2)32-22-8-11-31-18-22/h3-7,9-10,12,14-15,22H,8,11,13,16-18H2,1-2H3. The molecule has 1 aliphatic rings. The summed E-state index contributed by atoms with van der Waals surface area (Å²) >= 11 is 0. The van der Waals surface area contributed by atoms with Crippen molar-refractivity contribution in [1.29, 1.82) is 0 Å². The lowest BCUT2D eigenvalue weighted by atomic mass is 10.1. The predicted octanol–water partition coefficient (Wildman–Crippen LogP) is 3.37. The summed E-state index contributed by atoms with van der Waals surface area (Å²) in [7, 11) is 3.58. The topological polar surface area (TPSA) is 65.8 Å². The molecule has 0 aliphatic carbocycles. The molecule has 32 heavy (non-hydrogen) atoms. The molecule has 1 aliphatic heterocycles. The number of aryl methyl sites for hydroxylation is 1. The third-order valence-electron chi connectivity index (χ3n) is 5.48. The molecule has 1 fully saturated rings. The summed E-state index contributed by atoms with van der Waals surface area (Å²) in [6, 6.07) is 11.7. The first-order valence-corrected chi connectivity index (χ1v) is 10.8. The Labute approximate surface area is 188 Å². The van der Waals surface area contributed by atoms with Gasteiger partial charge in [-0.2, -0.15) is 0 Å². The van der Waals surface area contributed by atoms with Crippen LogP contribution >= 0.6 is 0 Å². The van der Waals surface area contributed by atoms with Gasteiger partial charge in [-0.25, -0.2) is 0 Å². The van der Waals surface area contributed by atoms with Crippen LogP contribution < -0.4 is 9.47 Å². The molecule has 1 atom stereocenters. The Hall–Kier alpha value is -3.32. The minimum Gasteiger partial charge on any atom is -0.493 e. The van der Waals surface area contributed by atoms with E-state index in [2.05, 4.69) is 4.98 Å². The van der Waals surface area contributed by atoms with E-state index in [1.54, 1.807) is 19.5 Å². The Kier molecular flexibility index (Phi) is 7.07. The molecule has 0 bridgehead atoms. The van der Waals surface area contributed by atoms with Crippen LogP contribution in [0.4, 0.5) is 0 Å². The number of carbonyl (C=O) groups is 1. The van der Waals surface area contributed by atoms with Crippen LogP contribution in [0.3, 0.4) is 0 Å². The highest BCUT2D eigenvalue weighted by Crippen LogP contribution is 2.31. The van der Waals surface area contributed by atoms with Crippen molar-refractivity contribution in [3.63, 3.8) is 0 Å². The van der Waals surface area contributed by atoms with E-state index in [-0.39, 0.29) is 12.0 Å². The Morgan fingerprint density at radius 1 is 1.19 bits per heavy atom. The summed E-state index contributed by atoms with van der Waals surface area (Å²) in [6.07, 6.45) is 8.72. The molecule has 1 amide bonds. The monoisotopic (exact) mass is 435 g/mol. The minimum absolute atomic E-state index is 0.0456. The SMILES string of the molecule is COc1cc(CN(Cc2cccnc2)C(=O)Cc2ccn(C)c2)ccc1OC1CCOC1. The second-order valence-electron chi connectivity index (χ2n) is 8.06. The number of carbonyl (C=O) groups excluding carboxylic acids is 1. The van der Waals surface area contributed by atoms with E-state index >= 15 is 0 Å². The normalized spacial score (nSPS) is 15.5. The summed E-state index contributed by atoms with van der Waals surface area (Å²) in [5.74, 6) is 1.41. The van der Waals surface area contributed by atoms with Crippen LogP contribution in [0.25, 0.3) is 0 Å². The van der Waals surface area contributed by atoms with Crippen LogP contribution in [0, 0.1) is 0 Å². The molecule has 3 heterocycles. The first-order chi connectivity index (χ1) is 15.6. The van der Waals surface area contributed by atoms with Crippen LogP contribution in [0.1, 0.15) is 23.1 Å². The average Bonchev–Trinajstić information content (AvgIpc) is 3.46. The van der Waals surface area contributed by atoms with Crippen molar-refractivity contribution in [3.05, 3.63) is 77.9 Å². The van der Waals surface area contributed by atoms with Gasteiger partial charge in [0, 0.05) is 51.3 Å². The van der Waals surface area contributed by atoms with Crippen molar-refractivity contribution >= 4 is 5.91 Å². The first-order valence-electron chi connectivity index (χ1n) is 10.8. The summed E-state index contributed by atoms with van der Waals surface area (Å²) in [5.41, 5.74) is 2.96. The minimum atomic E-state index is 0.0456. The van der Waals surface area contributed by atoms with Gasteiger partial charge in [-0.15, -0.1) is 0 Å². The van der Waals surface area contributed by atoms with Gasteiger partial charge in [0.2, 0.25) is 5.91 Å². The third kappa shape index (κ3) is 5.68. The highest BCUT2D eigenvalue weighted by molar-refractivity contribution is 5.78. The first kappa shape index (κ1) is 21.9. The van der Waals surface area contributed by atoms with E-state index in [0.717, 1.165) is 29.7 Å². The van der Waals surface area contributed by atoms with Crippen molar-refractivity contribution in [3.8, 4) is 11.5 Å². The number of benzene rings is 1. The summed E-state index contributed by atoms with van der Waals surface area (Å²) < 4.78 is 19.0. The Bertz CT molecular complexity index is 1030. The molecule has 1 aromatic carbocycles. The molecule has 1 unspecified atom stereocenters. The van der Waals surface area contributed by atoms with Crippen LogP contribution in [-0.2, 0) is 36.1 Å². The van der Waals surface area contributed by atoms with Gasteiger partial charge in [-0.05, 0) is 41.0 Å². The molecule has 3 aromatic rings. The number of pyridine rings is 1. The fourth-order valence-electron chi connectivity index (χ4n) is 3.81. The lowest BCUT2D eigenvalue weighted by molar-refractivity contribution is -0.131. The number of ether oxygens (including phenoxy) is 3. The van der Waals surface area contributed by atoms with Crippen LogP contribution in [-0.4, -0.2) is 46.8 Å². The third-order valence-corrected chi connectivity index (χ3v) is 5.48. The molecule has 7 heteroatoms. The Balaban J connectivity index is 1.51. The second-order valence-corrected chi connectivity index (χ2v) is 8.06. The smallest absolute Gasteiger partial charge is 0.227 e. The lowest BCUT2D eigenvalue weighted by Crippen LogP contribution is -2.31. The molecule has 0 spiro atoms. The van der Waals surface area contributed by atoms with E-state index in [0.29, 0.717) is 37.6 Å². The number of aromatic nitrogens is 2. The van der Waals surface area contributed by atoms with Gasteiger partial charge in [0.25, 0.3) is 0 Å². The zero-order valence-electron chi connectivity index (χ0n) is 18.6. The number of amides is 1. The number of methoxy groups -OCH3 is 1. The molecular weight excluding hydrogens is 406 g/mol. The van der Waals surface area contributed by atoms with Gasteiger partial charge >= 0.3 is 0 Å². The quantitative estimate of drug-likeness (QED) is 0.516. The fraction of sp³-hybridized carbons (Fsp3) is 0.360. The maximum atomic E-state index is 13.2. The van der Waals surface area contributed by atoms with Gasteiger partial charge in [-0.3, -0.25) is 9.78 Å². The molecule has 0 radical (unpaired) electrons. The highest BCUT2D eigenvalue weighted by atomic mass is 16.6. The van der Waals surface area contributed by atoms with E-state index in [1.165, 1.54) is 0 Å². The van der Waals surface area contributed by atoms with Crippen molar-refractivity contribution < 1.29 is 19.0 Å². The van der Waals surface area contributed by atoms with Crippen LogP contribution in [0.5, 0.6) is 11.5 Å². The molecule has 0 saturated carbocycles. The van der Waals surface area contributed by atoms with E-state index in [1.807, 2.05) is 65.3 Å². The Morgan fingerprint density at radius 3 is 2.75 bits per heavy atom. The van der Waals surface area contributed by atoms with Crippen molar-refractivity contribution in [2.75, 3.05) is 20.3 Å². The zero-order chi connectivity index (χ0) is 22.3. The average molecular weight is 436 g/mol. The molecule has 2 aromatic heterocycles. The maximum Gasteiger partial charge on any atom is 0.227 e. The van der Waals surface area contributed by atoms with Gasteiger partial charge in [0.15, 0.2) is 11.5 Å². The van der Waals surface area contributed by atoms with Crippen LogP contribution in [0.2, 0.25) is 0 Å². The molecular formula is C25H29N3O4. The maximum absolute atomic E-state index is 13.2. The molecule has 4 rings (SSSR count). The molecule has 0 N–H and O–H groups in total. The van der Waals surface area contributed by atoms with Gasteiger partial charge < -0.3 is 23.7 Å². The highest BCUT2D eigenvalue weighted by Gasteiger charge is 2.20. The fourth-order valence-corrected chi connectivity index (χ4v) is 3.81. The number of hydrogen-bond donors (Lipinski definition) is 0. The van der Waals surface area contributed by atoms with Crippen molar-refractivity contribution in [2.24, 2.45) is 7.05 Å². The second kappa shape index (κ2) is 10.3. The predicted molar refractivity (Wildman–Crippen MR) is 120 cm³/mol. The summed E-state index contributed by atoms with van der Waals surface area (Å²) in [5, 5.41) is 0. The van der Waals surface area contributed by atoms with E-state index < -0.39 is 0 Å². The number of hydrogen-bond acceptors (Lipinski definition) is 5.